The van der Waals surface area contributed by atoms with E-state index in [-0.39, 0.29) is 0 Å². The first-order valence-electron chi connectivity index (χ1n) is 6.68. The lowest BCUT2D eigenvalue weighted by atomic mass is 10.2. The molecular formula is C16H14N2O4S. The van der Waals surface area contributed by atoms with Crippen molar-refractivity contribution in [2.75, 3.05) is 6.61 Å². The van der Waals surface area contributed by atoms with E-state index in [9.17, 15) is 14.4 Å². The smallest absolute Gasteiger partial charge is 0.331 e. The van der Waals surface area contributed by atoms with Crippen LogP contribution in [0, 0.1) is 0 Å². The zero-order valence-electron chi connectivity index (χ0n) is 12.0. The molecule has 0 saturated carbocycles. The van der Waals surface area contributed by atoms with Crippen LogP contribution in [-0.4, -0.2) is 24.4 Å². The Hall–Kier alpha value is -2.93. The number of esters is 1. The van der Waals surface area contributed by atoms with Crippen LogP contribution in [-0.2, 0) is 14.3 Å². The molecule has 1 aromatic heterocycles. The van der Waals surface area contributed by atoms with Gasteiger partial charge in [-0.05, 0) is 29.7 Å². The number of ether oxygens (including phenoxy) is 1. The molecular weight excluding hydrogens is 316 g/mol. The van der Waals surface area contributed by atoms with Crippen LogP contribution in [0.1, 0.15) is 15.2 Å². The molecule has 23 heavy (non-hydrogen) atoms. The van der Waals surface area contributed by atoms with Gasteiger partial charge in [0.05, 0.1) is 0 Å². The molecule has 118 valence electrons. The van der Waals surface area contributed by atoms with Gasteiger partial charge in [0.2, 0.25) is 0 Å². The van der Waals surface area contributed by atoms with Crippen LogP contribution < -0.4 is 10.9 Å². The van der Waals surface area contributed by atoms with Crippen LogP contribution in [0.5, 0.6) is 0 Å². The van der Waals surface area contributed by atoms with E-state index in [4.69, 9.17) is 4.74 Å². The second-order valence-electron chi connectivity index (χ2n) is 4.32. The number of carbonyl (C=O) groups is 3. The summed E-state index contributed by atoms with van der Waals surface area (Å²) in [5, 5.41) is 1.88. The topological polar surface area (TPSA) is 84.5 Å². The number of thiophene rings is 1. The maximum atomic E-state index is 11.7. The van der Waals surface area contributed by atoms with Gasteiger partial charge in [-0.1, -0.05) is 24.3 Å². The van der Waals surface area contributed by atoms with Crippen LogP contribution in [0.3, 0.4) is 0 Å². The molecule has 0 fully saturated rings. The molecule has 6 nitrogen and oxygen atoms in total. The fourth-order valence-electron chi connectivity index (χ4n) is 1.55. The first-order valence-corrected chi connectivity index (χ1v) is 7.55. The molecule has 0 spiro atoms. The maximum Gasteiger partial charge on any atom is 0.331 e. The van der Waals surface area contributed by atoms with Gasteiger partial charge in [-0.3, -0.25) is 20.4 Å². The second kappa shape index (κ2) is 8.50. The Morgan fingerprint density at radius 2 is 1.83 bits per heavy atom. The quantitative estimate of drug-likeness (QED) is 0.497. The maximum absolute atomic E-state index is 11.7. The fraction of sp³-hybridized carbons (Fsp3) is 0.0625. The summed E-state index contributed by atoms with van der Waals surface area (Å²) in [5.41, 5.74) is 4.81. The summed E-state index contributed by atoms with van der Waals surface area (Å²) < 4.78 is 4.76. The van der Waals surface area contributed by atoms with Crippen LogP contribution >= 0.6 is 11.3 Å². The molecule has 0 aliphatic carbocycles. The van der Waals surface area contributed by atoms with Gasteiger partial charge in [0.25, 0.3) is 11.8 Å². The third-order valence-electron chi connectivity index (χ3n) is 2.62. The van der Waals surface area contributed by atoms with Crippen molar-refractivity contribution in [2.24, 2.45) is 0 Å². The minimum Gasteiger partial charge on any atom is -0.452 e. The van der Waals surface area contributed by atoms with Crippen molar-refractivity contribution in [2.45, 2.75) is 0 Å². The highest BCUT2D eigenvalue weighted by molar-refractivity contribution is 7.10. The third-order valence-corrected chi connectivity index (χ3v) is 3.46. The summed E-state index contributed by atoms with van der Waals surface area (Å²) in [6.45, 7) is -0.483. The molecule has 0 aliphatic rings. The number of benzene rings is 1. The molecule has 0 aliphatic heterocycles. The average molecular weight is 330 g/mol. The minimum absolute atomic E-state index is 0.406. The van der Waals surface area contributed by atoms with Gasteiger partial charge in [-0.25, -0.2) is 4.79 Å². The van der Waals surface area contributed by atoms with Crippen LogP contribution in [0.15, 0.2) is 53.9 Å². The van der Waals surface area contributed by atoms with E-state index < -0.39 is 24.4 Å². The Balaban J connectivity index is 1.69. The lowest BCUT2D eigenvalue weighted by molar-refractivity contribution is -0.144. The van der Waals surface area contributed by atoms with E-state index in [2.05, 4.69) is 10.9 Å². The van der Waals surface area contributed by atoms with E-state index in [1.165, 1.54) is 17.4 Å². The Morgan fingerprint density at radius 1 is 1.04 bits per heavy atom. The highest BCUT2D eigenvalue weighted by Crippen LogP contribution is 2.10. The monoisotopic (exact) mass is 330 g/mol. The molecule has 2 rings (SSSR count). The lowest BCUT2D eigenvalue weighted by Gasteiger charge is -2.07. The van der Waals surface area contributed by atoms with Crippen molar-refractivity contribution in [1.29, 1.82) is 0 Å². The standard InChI is InChI=1S/C16H14N2O4S/c19-14(17-18-16(21)12-5-2-1-3-6-12)11-22-15(20)9-8-13-7-4-10-23-13/h1-10H,11H2,(H,17,19)(H,18,21)/b9-8+. The van der Waals surface area contributed by atoms with Crippen molar-refractivity contribution in [3.63, 3.8) is 0 Å². The SMILES string of the molecule is O=C(COC(=O)/C=C/c1cccs1)NNC(=O)c1ccccc1. The van der Waals surface area contributed by atoms with Crippen LogP contribution in [0.2, 0.25) is 0 Å². The number of hydrogen-bond acceptors (Lipinski definition) is 5. The van der Waals surface area contributed by atoms with E-state index in [0.717, 1.165) is 4.88 Å². The average Bonchev–Trinajstić information content (AvgIpc) is 3.10. The third kappa shape index (κ3) is 5.76. The summed E-state index contributed by atoms with van der Waals surface area (Å²) >= 11 is 1.48. The summed E-state index contributed by atoms with van der Waals surface area (Å²) in [6, 6.07) is 12.1. The zero-order chi connectivity index (χ0) is 16.5. The van der Waals surface area contributed by atoms with Gasteiger partial charge in [-0.15, -0.1) is 11.3 Å². The van der Waals surface area contributed by atoms with Crippen molar-refractivity contribution in [1.82, 2.24) is 10.9 Å². The molecule has 0 atom stereocenters. The van der Waals surface area contributed by atoms with E-state index in [1.54, 1.807) is 36.4 Å². The number of carbonyl (C=O) groups excluding carboxylic acids is 3. The molecule has 0 unspecified atom stereocenters. The highest BCUT2D eigenvalue weighted by atomic mass is 32.1. The molecule has 2 N–H and O–H groups in total. The number of hydrazine groups is 1. The Kier molecular flexibility index (Phi) is 6.07. The van der Waals surface area contributed by atoms with Crippen LogP contribution in [0.4, 0.5) is 0 Å². The molecule has 2 amide bonds. The van der Waals surface area contributed by atoms with Gasteiger partial charge in [0.15, 0.2) is 6.61 Å². The molecule has 2 aromatic rings. The largest absolute Gasteiger partial charge is 0.452 e. The van der Waals surface area contributed by atoms with Gasteiger partial charge < -0.3 is 4.74 Å². The number of amides is 2. The fourth-order valence-corrected chi connectivity index (χ4v) is 2.16. The van der Waals surface area contributed by atoms with Crippen molar-refractivity contribution >= 4 is 35.2 Å². The van der Waals surface area contributed by atoms with Crippen molar-refractivity contribution in [3.8, 4) is 0 Å². The van der Waals surface area contributed by atoms with Gasteiger partial charge in [0, 0.05) is 16.5 Å². The van der Waals surface area contributed by atoms with Crippen LogP contribution in [0.25, 0.3) is 6.08 Å². The normalized spacial score (nSPS) is 10.3. The Bertz CT molecular complexity index is 696. The molecule has 0 saturated heterocycles. The van der Waals surface area contributed by atoms with E-state index >= 15 is 0 Å². The van der Waals surface area contributed by atoms with Gasteiger partial charge in [-0.2, -0.15) is 0 Å². The number of hydrogen-bond donors (Lipinski definition) is 2. The zero-order valence-corrected chi connectivity index (χ0v) is 12.8. The lowest BCUT2D eigenvalue weighted by Crippen LogP contribution is -2.43. The molecule has 1 heterocycles. The molecule has 7 heteroatoms. The van der Waals surface area contributed by atoms with Crippen molar-refractivity contribution < 1.29 is 19.1 Å². The molecule has 1 aromatic carbocycles. The Labute approximate surface area is 136 Å². The summed E-state index contributed by atoms with van der Waals surface area (Å²) in [5.74, 6) is -1.72. The highest BCUT2D eigenvalue weighted by Gasteiger charge is 2.08. The predicted octanol–water partition coefficient (Wildman–Crippen LogP) is 1.77. The molecule has 0 bridgehead atoms. The van der Waals surface area contributed by atoms with Gasteiger partial charge in [0.1, 0.15) is 0 Å². The Morgan fingerprint density at radius 3 is 2.52 bits per heavy atom. The molecule has 0 radical (unpaired) electrons. The summed E-state index contributed by atoms with van der Waals surface area (Å²) in [7, 11) is 0. The van der Waals surface area contributed by atoms with E-state index in [0.29, 0.717) is 5.56 Å². The predicted molar refractivity (Wildman–Crippen MR) is 86.4 cm³/mol. The van der Waals surface area contributed by atoms with Crippen molar-refractivity contribution in [3.05, 3.63) is 64.4 Å². The first kappa shape index (κ1) is 16.4. The summed E-state index contributed by atoms with van der Waals surface area (Å²) in [4.78, 5) is 35.5. The minimum atomic E-state index is -0.636. The second-order valence-corrected chi connectivity index (χ2v) is 5.30. The number of rotatable bonds is 5. The number of nitrogens with one attached hydrogen (secondary N) is 2. The first-order chi connectivity index (χ1) is 11.1. The summed E-state index contributed by atoms with van der Waals surface area (Å²) in [6.07, 6.45) is 2.84. The van der Waals surface area contributed by atoms with E-state index in [1.807, 2.05) is 17.5 Å². The van der Waals surface area contributed by atoms with Gasteiger partial charge >= 0.3 is 5.97 Å².